The minimum Gasteiger partial charge on any atom is -0.465 e. The van der Waals surface area contributed by atoms with Crippen LogP contribution in [0.4, 0.5) is 0 Å². The molecule has 98 valence electrons. The Kier molecular flexibility index (Phi) is 3.66. The maximum absolute atomic E-state index is 11.4. The number of carbonyl (C=O) groups is 2. The molecule has 0 aromatic carbocycles. The molecule has 0 aliphatic carbocycles. The largest absolute Gasteiger partial charge is 0.465 e. The first-order valence-electron chi connectivity index (χ1n) is 5.78. The first-order valence-corrected chi connectivity index (χ1v) is 5.78. The first kappa shape index (κ1) is 12.6. The summed E-state index contributed by atoms with van der Waals surface area (Å²) in [6.07, 6.45) is 0.476. The molecule has 1 unspecified atom stereocenters. The highest BCUT2D eigenvalue weighted by Gasteiger charge is 2.21. The van der Waals surface area contributed by atoms with Crippen molar-refractivity contribution in [3.8, 4) is 0 Å². The Morgan fingerprint density at radius 3 is 3.06 bits per heavy atom. The van der Waals surface area contributed by atoms with E-state index in [9.17, 15) is 9.59 Å². The van der Waals surface area contributed by atoms with Crippen LogP contribution >= 0.6 is 0 Å². The molecule has 0 spiro atoms. The predicted octanol–water partition coefficient (Wildman–Crippen LogP) is 0.353. The van der Waals surface area contributed by atoms with Crippen LogP contribution in [-0.2, 0) is 16.1 Å². The van der Waals surface area contributed by atoms with Crippen LogP contribution in [0, 0.1) is 6.92 Å². The minimum atomic E-state index is -0.403. The lowest BCUT2D eigenvalue weighted by molar-refractivity contribution is -0.119. The molecule has 2 N–H and O–H groups in total. The van der Waals surface area contributed by atoms with Crippen molar-refractivity contribution in [1.82, 2.24) is 10.6 Å². The zero-order valence-electron chi connectivity index (χ0n) is 10.4. The minimum absolute atomic E-state index is 0.0541. The van der Waals surface area contributed by atoms with E-state index in [1.165, 1.54) is 7.11 Å². The summed E-state index contributed by atoms with van der Waals surface area (Å²) >= 11 is 0. The van der Waals surface area contributed by atoms with Gasteiger partial charge < -0.3 is 19.8 Å². The zero-order valence-corrected chi connectivity index (χ0v) is 10.4. The van der Waals surface area contributed by atoms with Gasteiger partial charge in [0.1, 0.15) is 17.1 Å². The number of nitrogens with one attached hydrogen (secondary N) is 2. The van der Waals surface area contributed by atoms with E-state index >= 15 is 0 Å². The quantitative estimate of drug-likeness (QED) is 0.756. The Morgan fingerprint density at radius 2 is 2.44 bits per heavy atom. The van der Waals surface area contributed by atoms with Crippen molar-refractivity contribution < 1.29 is 18.7 Å². The molecule has 1 amide bonds. The van der Waals surface area contributed by atoms with Gasteiger partial charge >= 0.3 is 5.97 Å². The Morgan fingerprint density at radius 1 is 1.67 bits per heavy atom. The van der Waals surface area contributed by atoms with Gasteiger partial charge in [-0.25, -0.2) is 4.79 Å². The second-order valence-electron chi connectivity index (χ2n) is 4.26. The number of esters is 1. The third-order valence-corrected chi connectivity index (χ3v) is 2.92. The summed E-state index contributed by atoms with van der Waals surface area (Å²) in [6, 6.07) is 1.78. The van der Waals surface area contributed by atoms with Crippen molar-refractivity contribution in [2.45, 2.75) is 25.9 Å². The van der Waals surface area contributed by atoms with Gasteiger partial charge in [0.15, 0.2) is 0 Å². The number of amides is 1. The third kappa shape index (κ3) is 2.70. The lowest BCUT2D eigenvalue weighted by atomic mass is 10.2. The molecule has 0 radical (unpaired) electrons. The third-order valence-electron chi connectivity index (χ3n) is 2.92. The number of rotatable bonds is 4. The fourth-order valence-corrected chi connectivity index (χ4v) is 1.94. The summed E-state index contributed by atoms with van der Waals surface area (Å²) in [4.78, 5) is 22.4. The van der Waals surface area contributed by atoms with Gasteiger partial charge in [0.05, 0.1) is 13.7 Å². The predicted molar refractivity (Wildman–Crippen MR) is 63.0 cm³/mol. The molecule has 18 heavy (non-hydrogen) atoms. The number of hydrogen-bond donors (Lipinski definition) is 2. The molecule has 2 heterocycles. The highest BCUT2D eigenvalue weighted by atomic mass is 16.5. The monoisotopic (exact) mass is 252 g/mol. The van der Waals surface area contributed by atoms with Crippen LogP contribution in [0.3, 0.4) is 0 Å². The van der Waals surface area contributed by atoms with Crippen LogP contribution in [0.2, 0.25) is 0 Å². The SMILES string of the molecule is COC(=O)c1cc(CNC2CNC(=O)C2)oc1C. The van der Waals surface area contributed by atoms with Crippen molar-refractivity contribution in [1.29, 1.82) is 0 Å². The van der Waals surface area contributed by atoms with Gasteiger partial charge in [0.25, 0.3) is 0 Å². The number of methoxy groups -OCH3 is 1. The highest BCUT2D eigenvalue weighted by molar-refractivity contribution is 5.90. The molecule has 6 heteroatoms. The molecule has 1 atom stereocenters. The van der Waals surface area contributed by atoms with Crippen LogP contribution in [0.25, 0.3) is 0 Å². The molecule has 1 aliphatic rings. The number of carbonyl (C=O) groups excluding carboxylic acids is 2. The molecule has 1 fully saturated rings. The van der Waals surface area contributed by atoms with Gasteiger partial charge in [-0.05, 0) is 13.0 Å². The summed E-state index contributed by atoms with van der Waals surface area (Å²) < 4.78 is 10.1. The standard InChI is InChI=1S/C12H16N2O4/c1-7-10(12(16)17-2)4-9(18-7)6-13-8-3-11(15)14-5-8/h4,8,13H,3,5-6H2,1-2H3,(H,14,15). The summed E-state index contributed by atoms with van der Waals surface area (Å²) in [6.45, 7) is 2.83. The van der Waals surface area contributed by atoms with Crippen LogP contribution in [-0.4, -0.2) is 31.6 Å². The topological polar surface area (TPSA) is 80.6 Å². The molecule has 1 saturated heterocycles. The Hall–Kier alpha value is -1.82. The Labute approximate surface area is 105 Å². The molecule has 0 saturated carbocycles. The van der Waals surface area contributed by atoms with E-state index in [0.717, 1.165) is 0 Å². The lowest BCUT2D eigenvalue weighted by Gasteiger charge is -2.07. The Balaban J connectivity index is 1.94. The summed E-state index contributed by atoms with van der Waals surface area (Å²) in [7, 11) is 1.34. The molecule has 0 bridgehead atoms. The van der Waals surface area contributed by atoms with Gasteiger partial charge in [-0.15, -0.1) is 0 Å². The van der Waals surface area contributed by atoms with Gasteiger partial charge in [-0.1, -0.05) is 0 Å². The van der Waals surface area contributed by atoms with E-state index < -0.39 is 5.97 Å². The van der Waals surface area contributed by atoms with Crippen LogP contribution in [0.5, 0.6) is 0 Å². The first-order chi connectivity index (χ1) is 8.60. The van der Waals surface area contributed by atoms with E-state index in [2.05, 4.69) is 15.4 Å². The van der Waals surface area contributed by atoms with E-state index in [-0.39, 0.29) is 11.9 Å². The number of furan rings is 1. The summed E-state index contributed by atoms with van der Waals surface area (Å²) in [5.74, 6) is 0.852. The van der Waals surface area contributed by atoms with Crippen LogP contribution < -0.4 is 10.6 Å². The van der Waals surface area contributed by atoms with Crippen molar-refractivity contribution in [3.63, 3.8) is 0 Å². The van der Waals surface area contributed by atoms with E-state index in [1.807, 2.05) is 0 Å². The molecule has 1 aromatic rings. The molecular formula is C12H16N2O4. The van der Waals surface area contributed by atoms with Gasteiger partial charge in [0, 0.05) is 19.0 Å². The average molecular weight is 252 g/mol. The lowest BCUT2D eigenvalue weighted by Crippen LogP contribution is -2.30. The molecule has 6 nitrogen and oxygen atoms in total. The van der Waals surface area contributed by atoms with Gasteiger partial charge in [-0.3, -0.25) is 4.79 Å². The number of hydrogen-bond acceptors (Lipinski definition) is 5. The van der Waals surface area contributed by atoms with Crippen LogP contribution in [0.1, 0.15) is 28.3 Å². The normalized spacial score (nSPS) is 18.8. The summed E-state index contributed by atoms with van der Waals surface area (Å²) in [5, 5.41) is 5.94. The zero-order chi connectivity index (χ0) is 13.1. The number of aryl methyl sites for hydroxylation is 1. The summed E-state index contributed by atoms with van der Waals surface area (Å²) in [5.41, 5.74) is 0.440. The van der Waals surface area contributed by atoms with Gasteiger partial charge in [-0.2, -0.15) is 0 Å². The molecule has 1 aromatic heterocycles. The highest BCUT2D eigenvalue weighted by Crippen LogP contribution is 2.16. The molecule has 2 rings (SSSR count). The van der Waals surface area contributed by atoms with Crippen LogP contribution in [0.15, 0.2) is 10.5 Å². The van der Waals surface area contributed by atoms with Crippen molar-refractivity contribution in [3.05, 3.63) is 23.2 Å². The smallest absolute Gasteiger partial charge is 0.341 e. The van der Waals surface area contributed by atoms with E-state index in [0.29, 0.717) is 36.6 Å². The average Bonchev–Trinajstić information content (AvgIpc) is 2.92. The van der Waals surface area contributed by atoms with Crippen molar-refractivity contribution >= 4 is 11.9 Å². The molecular weight excluding hydrogens is 236 g/mol. The Bertz CT molecular complexity index is 467. The maximum atomic E-state index is 11.4. The second kappa shape index (κ2) is 5.22. The maximum Gasteiger partial charge on any atom is 0.341 e. The van der Waals surface area contributed by atoms with Gasteiger partial charge in [0.2, 0.25) is 5.91 Å². The molecule has 1 aliphatic heterocycles. The fourth-order valence-electron chi connectivity index (χ4n) is 1.94. The van der Waals surface area contributed by atoms with E-state index in [1.54, 1.807) is 13.0 Å². The fraction of sp³-hybridized carbons (Fsp3) is 0.500. The van der Waals surface area contributed by atoms with E-state index in [4.69, 9.17) is 4.42 Å². The second-order valence-corrected chi connectivity index (χ2v) is 4.26. The number of ether oxygens (including phenoxy) is 1. The van der Waals surface area contributed by atoms with Crippen molar-refractivity contribution in [2.24, 2.45) is 0 Å². The van der Waals surface area contributed by atoms with Crippen molar-refractivity contribution in [2.75, 3.05) is 13.7 Å².